The first-order valence-corrected chi connectivity index (χ1v) is 8.38. The van der Waals surface area contributed by atoms with E-state index in [4.69, 9.17) is 4.74 Å². The number of nitrogens with zero attached hydrogens (tertiary/aromatic N) is 1. The van der Waals surface area contributed by atoms with Gasteiger partial charge in [-0.3, -0.25) is 9.69 Å². The van der Waals surface area contributed by atoms with E-state index < -0.39 is 0 Å². The molecule has 118 valence electrons. The summed E-state index contributed by atoms with van der Waals surface area (Å²) in [7, 11) is 1.70. The summed E-state index contributed by atoms with van der Waals surface area (Å²) in [5, 5.41) is 0. The number of Topliss-reactive ketones (excluding diaryl/α,β-unsaturated/α-hetero) is 1. The second kappa shape index (κ2) is 9.34. The Morgan fingerprint density at radius 3 is 2.29 bits per heavy atom. The van der Waals surface area contributed by atoms with E-state index in [0.717, 1.165) is 29.4 Å². The fourth-order valence-corrected chi connectivity index (χ4v) is 2.92. The molecule has 0 fully saturated rings. The summed E-state index contributed by atoms with van der Waals surface area (Å²) in [6.45, 7) is 7.77. The molecule has 0 N–H and O–H groups in total. The predicted molar refractivity (Wildman–Crippen MR) is 90.9 cm³/mol. The van der Waals surface area contributed by atoms with Crippen molar-refractivity contribution in [3.63, 3.8) is 0 Å². The van der Waals surface area contributed by atoms with Crippen molar-refractivity contribution in [1.29, 1.82) is 0 Å². The molecule has 0 aliphatic rings. The van der Waals surface area contributed by atoms with Crippen molar-refractivity contribution in [3.8, 4) is 0 Å². The molecular weight excluding hydrogens is 330 g/mol. The van der Waals surface area contributed by atoms with Gasteiger partial charge in [-0.2, -0.15) is 0 Å². The Hall–Kier alpha value is -0.710. The number of carbonyl (C=O) groups is 1. The third kappa shape index (κ3) is 5.20. The van der Waals surface area contributed by atoms with Gasteiger partial charge in [-0.15, -0.1) is 0 Å². The minimum Gasteiger partial charge on any atom is -0.383 e. The highest BCUT2D eigenvalue weighted by Gasteiger charge is 2.26. The first-order valence-electron chi connectivity index (χ1n) is 7.59. The van der Waals surface area contributed by atoms with Crippen LogP contribution < -0.4 is 0 Å². The normalized spacial score (nSPS) is 12.9. The number of halogens is 1. The number of ketones is 1. The molecule has 1 atom stereocenters. The standard InChI is InChI=1S/C17H26BrNO2/c1-5-16(6-2)19(11-12-21-4)13(3)17(20)14-7-9-15(18)10-8-14/h7-10,13,16H,5-6,11-12H2,1-4H3. The van der Waals surface area contributed by atoms with E-state index in [0.29, 0.717) is 12.6 Å². The maximum atomic E-state index is 12.7. The number of benzene rings is 1. The number of methoxy groups -OCH3 is 1. The first-order chi connectivity index (χ1) is 10.0. The summed E-state index contributed by atoms with van der Waals surface area (Å²) >= 11 is 3.40. The number of carbonyl (C=O) groups excluding carboxylic acids is 1. The van der Waals surface area contributed by atoms with Gasteiger partial charge in [0.2, 0.25) is 0 Å². The topological polar surface area (TPSA) is 29.5 Å². The second-order valence-electron chi connectivity index (χ2n) is 5.25. The van der Waals surface area contributed by atoms with Crippen LogP contribution in [0.2, 0.25) is 0 Å². The van der Waals surface area contributed by atoms with Crippen LogP contribution in [0.15, 0.2) is 28.7 Å². The van der Waals surface area contributed by atoms with Crippen LogP contribution >= 0.6 is 15.9 Å². The smallest absolute Gasteiger partial charge is 0.179 e. The van der Waals surface area contributed by atoms with Gasteiger partial charge in [0.1, 0.15) is 0 Å². The van der Waals surface area contributed by atoms with Crippen LogP contribution in [0, 0.1) is 0 Å². The number of ether oxygens (including phenoxy) is 1. The van der Waals surface area contributed by atoms with Crippen molar-refractivity contribution in [1.82, 2.24) is 4.90 Å². The highest BCUT2D eigenvalue weighted by atomic mass is 79.9. The second-order valence-corrected chi connectivity index (χ2v) is 6.16. The molecule has 1 rings (SSSR count). The fourth-order valence-electron chi connectivity index (χ4n) is 2.65. The lowest BCUT2D eigenvalue weighted by molar-refractivity contribution is 0.0632. The Kier molecular flexibility index (Phi) is 8.15. The van der Waals surface area contributed by atoms with Crippen molar-refractivity contribution in [2.75, 3.05) is 20.3 Å². The summed E-state index contributed by atoms with van der Waals surface area (Å²) < 4.78 is 6.19. The van der Waals surface area contributed by atoms with Gasteiger partial charge in [0.25, 0.3) is 0 Å². The van der Waals surface area contributed by atoms with Gasteiger partial charge in [-0.05, 0) is 31.9 Å². The zero-order valence-electron chi connectivity index (χ0n) is 13.4. The Balaban J connectivity index is 2.89. The van der Waals surface area contributed by atoms with Crippen LogP contribution in [0.3, 0.4) is 0 Å². The third-order valence-electron chi connectivity index (χ3n) is 3.97. The monoisotopic (exact) mass is 355 g/mol. The first kappa shape index (κ1) is 18.3. The molecule has 1 unspecified atom stereocenters. The molecule has 0 aliphatic carbocycles. The number of rotatable bonds is 9. The zero-order valence-corrected chi connectivity index (χ0v) is 15.0. The van der Waals surface area contributed by atoms with E-state index in [-0.39, 0.29) is 11.8 Å². The molecular formula is C17H26BrNO2. The Bertz CT molecular complexity index is 429. The molecule has 0 radical (unpaired) electrons. The van der Waals surface area contributed by atoms with E-state index in [9.17, 15) is 4.79 Å². The van der Waals surface area contributed by atoms with E-state index in [1.54, 1.807) is 7.11 Å². The molecule has 0 heterocycles. The average molecular weight is 356 g/mol. The predicted octanol–water partition coefficient (Wildman–Crippen LogP) is 4.16. The number of hydrogen-bond donors (Lipinski definition) is 0. The molecule has 1 aromatic rings. The molecule has 3 nitrogen and oxygen atoms in total. The van der Waals surface area contributed by atoms with Crippen molar-refractivity contribution in [2.24, 2.45) is 0 Å². The lowest BCUT2D eigenvalue weighted by Crippen LogP contribution is -2.47. The van der Waals surface area contributed by atoms with Crippen LogP contribution in [0.5, 0.6) is 0 Å². The molecule has 0 aromatic heterocycles. The summed E-state index contributed by atoms with van der Waals surface area (Å²) in [5.74, 6) is 0.172. The van der Waals surface area contributed by atoms with Crippen molar-refractivity contribution in [2.45, 2.75) is 45.7 Å². The van der Waals surface area contributed by atoms with E-state index >= 15 is 0 Å². The van der Waals surface area contributed by atoms with Crippen molar-refractivity contribution in [3.05, 3.63) is 34.3 Å². The molecule has 0 saturated heterocycles. The van der Waals surface area contributed by atoms with E-state index in [1.807, 2.05) is 31.2 Å². The highest BCUT2D eigenvalue weighted by Crippen LogP contribution is 2.18. The van der Waals surface area contributed by atoms with Gasteiger partial charge >= 0.3 is 0 Å². The molecule has 1 aromatic carbocycles. The Morgan fingerprint density at radius 2 is 1.81 bits per heavy atom. The molecule has 0 spiro atoms. The van der Waals surface area contributed by atoms with Crippen LogP contribution in [0.1, 0.15) is 44.0 Å². The molecule has 0 aliphatic heterocycles. The Labute approximate surface area is 136 Å². The lowest BCUT2D eigenvalue weighted by Gasteiger charge is -2.34. The zero-order chi connectivity index (χ0) is 15.8. The maximum Gasteiger partial charge on any atom is 0.179 e. The van der Waals surface area contributed by atoms with Gasteiger partial charge in [0.15, 0.2) is 5.78 Å². The fraction of sp³-hybridized carbons (Fsp3) is 0.588. The van der Waals surface area contributed by atoms with Crippen LogP contribution in [-0.4, -0.2) is 43.0 Å². The van der Waals surface area contributed by atoms with E-state index in [1.165, 1.54) is 0 Å². The maximum absolute atomic E-state index is 12.7. The van der Waals surface area contributed by atoms with Gasteiger partial charge in [0.05, 0.1) is 12.6 Å². The van der Waals surface area contributed by atoms with Gasteiger partial charge in [-0.25, -0.2) is 0 Å². The largest absolute Gasteiger partial charge is 0.383 e. The van der Waals surface area contributed by atoms with Gasteiger partial charge in [0, 0.05) is 29.7 Å². The quantitative estimate of drug-likeness (QED) is 0.623. The highest BCUT2D eigenvalue weighted by molar-refractivity contribution is 9.10. The summed E-state index contributed by atoms with van der Waals surface area (Å²) in [4.78, 5) is 15.0. The van der Waals surface area contributed by atoms with Gasteiger partial charge < -0.3 is 4.74 Å². The van der Waals surface area contributed by atoms with Crippen LogP contribution in [0.4, 0.5) is 0 Å². The Morgan fingerprint density at radius 1 is 1.24 bits per heavy atom. The summed E-state index contributed by atoms with van der Waals surface area (Å²) in [5.41, 5.74) is 0.763. The minimum absolute atomic E-state index is 0.133. The summed E-state index contributed by atoms with van der Waals surface area (Å²) in [6.07, 6.45) is 2.08. The molecule has 0 saturated carbocycles. The van der Waals surface area contributed by atoms with Crippen molar-refractivity contribution >= 4 is 21.7 Å². The third-order valence-corrected chi connectivity index (χ3v) is 4.50. The van der Waals surface area contributed by atoms with Crippen LogP contribution in [0.25, 0.3) is 0 Å². The van der Waals surface area contributed by atoms with Crippen molar-refractivity contribution < 1.29 is 9.53 Å². The molecule has 4 heteroatoms. The number of hydrogen-bond acceptors (Lipinski definition) is 3. The summed E-state index contributed by atoms with van der Waals surface area (Å²) in [6, 6.07) is 7.86. The minimum atomic E-state index is -0.133. The molecule has 21 heavy (non-hydrogen) atoms. The lowest BCUT2D eigenvalue weighted by atomic mass is 10.0. The van der Waals surface area contributed by atoms with Gasteiger partial charge in [-0.1, -0.05) is 41.9 Å². The molecule has 0 amide bonds. The average Bonchev–Trinajstić information content (AvgIpc) is 2.51. The SMILES string of the molecule is CCC(CC)N(CCOC)C(C)C(=O)c1ccc(Br)cc1. The molecule has 0 bridgehead atoms. The van der Waals surface area contributed by atoms with E-state index in [2.05, 4.69) is 34.7 Å². The van der Waals surface area contributed by atoms with Crippen LogP contribution in [-0.2, 0) is 4.74 Å².